The van der Waals surface area contributed by atoms with E-state index < -0.39 is 17.5 Å². The largest absolute Gasteiger partial charge is 0.444 e. The Kier molecular flexibility index (Phi) is 4.18. The molecule has 5 nitrogen and oxygen atoms in total. The van der Waals surface area contributed by atoms with Crippen molar-refractivity contribution in [2.75, 3.05) is 5.32 Å². The van der Waals surface area contributed by atoms with Crippen LogP contribution in [0.3, 0.4) is 0 Å². The van der Waals surface area contributed by atoms with Crippen LogP contribution in [0.1, 0.15) is 20.8 Å². The highest BCUT2D eigenvalue weighted by molar-refractivity contribution is 5.85. The van der Waals surface area contributed by atoms with E-state index in [2.05, 4.69) is 10.3 Å². The van der Waals surface area contributed by atoms with E-state index >= 15 is 0 Å². The zero-order valence-corrected chi connectivity index (χ0v) is 10.3. The van der Waals surface area contributed by atoms with Gasteiger partial charge in [0.15, 0.2) is 0 Å². The van der Waals surface area contributed by atoms with Crippen molar-refractivity contribution in [3.05, 3.63) is 24.0 Å². The van der Waals surface area contributed by atoms with E-state index in [1.54, 1.807) is 20.8 Å². The molecular formula is C12H13FN2O3. The fourth-order valence-electron chi connectivity index (χ4n) is 1.14. The lowest BCUT2D eigenvalue weighted by Gasteiger charge is -2.19. The van der Waals surface area contributed by atoms with Crippen molar-refractivity contribution in [3.63, 3.8) is 0 Å². The number of carbonyl (C=O) groups is 1. The predicted octanol–water partition coefficient (Wildman–Crippen LogP) is 3.14. The van der Waals surface area contributed by atoms with Crippen molar-refractivity contribution >= 4 is 23.5 Å². The normalized spacial score (nSPS) is 10.4. The first kappa shape index (κ1) is 13.9. The molecule has 0 fully saturated rings. The molecule has 0 spiro atoms. The molecule has 0 saturated carbocycles. The molecule has 0 bridgehead atoms. The molecule has 1 aromatic rings. The van der Waals surface area contributed by atoms with Crippen molar-refractivity contribution in [2.24, 2.45) is 4.99 Å². The number of nitrogens with one attached hydrogen (secondary N) is 1. The first-order valence-electron chi connectivity index (χ1n) is 5.19. The van der Waals surface area contributed by atoms with Crippen LogP contribution in [0.25, 0.3) is 0 Å². The predicted molar refractivity (Wildman–Crippen MR) is 64.0 cm³/mol. The number of carbonyl (C=O) groups excluding carboxylic acids is 2. The van der Waals surface area contributed by atoms with Crippen LogP contribution >= 0.6 is 0 Å². The van der Waals surface area contributed by atoms with Gasteiger partial charge in [0.05, 0.1) is 11.4 Å². The van der Waals surface area contributed by atoms with E-state index in [0.717, 1.165) is 6.07 Å². The quantitative estimate of drug-likeness (QED) is 0.649. The smallest absolute Gasteiger partial charge is 0.412 e. The van der Waals surface area contributed by atoms with Gasteiger partial charge in [0, 0.05) is 0 Å². The lowest BCUT2D eigenvalue weighted by Crippen LogP contribution is -2.27. The molecule has 18 heavy (non-hydrogen) atoms. The Bertz CT molecular complexity index is 503. The second-order valence-corrected chi connectivity index (χ2v) is 4.49. The van der Waals surface area contributed by atoms with Gasteiger partial charge < -0.3 is 4.74 Å². The molecule has 0 radical (unpaired) electrons. The minimum Gasteiger partial charge on any atom is -0.444 e. The van der Waals surface area contributed by atoms with Gasteiger partial charge in [-0.15, -0.1) is 0 Å². The average Bonchev–Trinajstić information content (AvgIpc) is 2.20. The van der Waals surface area contributed by atoms with Gasteiger partial charge in [-0.2, -0.15) is 4.99 Å². The molecule has 0 saturated heterocycles. The van der Waals surface area contributed by atoms with E-state index in [1.165, 1.54) is 18.2 Å². The van der Waals surface area contributed by atoms with Gasteiger partial charge >= 0.3 is 6.09 Å². The van der Waals surface area contributed by atoms with Gasteiger partial charge in [-0.1, -0.05) is 0 Å². The van der Waals surface area contributed by atoms with Crippen LogP contribution in [0, 0.1) is 5.82 Å². The van der Waals surface area contributed by atoms with Crippen LogP contribution in [0.4, 0.5) is 20.6 Å². The SMILES string of the molecule is CC(C)(C)OC(=O)Nc1cc(N=C=O)ccc1F. The Hall–Kier alpha value is -2.20. The Balaban J connectivity index is 2.86. The summed E-state index contributed by atoms with van der Waals surface area (Å²) in [6.45, 7) is 5.07. The summed E-state index contributed by atoms with van der Waals surface area (Å²) in [5, 5.41) is 2.24. The van der Waals surface area contributed by atoms with Crippen LogP contribution in [0.5, 0.6) is 0 Å². The molecule has 1 amide bonds. The monoisotopic (exact) mass is 252 g/mol. The maximum Gasteiger partial charge on any atom is 0.412 e. The van der Waals surface area contributed by atoms with Crippen molar-refractivity contribution in [1.82, 2.24) is 0 Å². The second kappa shape index (κ2) is 5.42. The number of isocyanates is 1. The van der Waals surface area contributed by atoms with Crippen LogP contribution in [0.15, 0.2) is 23.2 Å². The highest BCUT2D eigenvalue weighted by atomic mass is 19.1. The third-order valence-corrected chi connectivity index (χ3v) is 1.76. The van der Waals surface area contributed by atoms with Crippen LogP contribution < -0.4 is 5.32 Å². The second-order valence-electron chi connectivity index (χ2n) is 4.49. The van der Waals surface area contributed by atoms with Gasteiger partial charge in [0.1, 0.15) is 11.4 Å². The molecule has 0 aliphatic carbocycles. The molecule has 0 atom stereocenters. The summed E-state index contributed by atoms with van der Waals surface area (Å²) in [4.78, 5) is 24.9. The lowest BCUT2D eigenvalue weighted by atomic mass is 10.2. The lowest BCUT2D eigenvalue weighted by molar-refractivity contribution is 0.0635. The van der Waals surface area contributed by atoms with Gasteiger partial charge in [-0.3, -0.25) is 5.32 Å². The number of anilines is 1. The minimum atomic E-state index is -0.784. The first-order chi connectivity index (χ1) is 8.31. The number of aliphatic imine (C=N–C) groups is 1. The van der Waals surface area contributed by atoms with Crippen molar-refractivity contribution in [1.29, 1.82) is 0 Å². The van der Waals surface area contributed by atoms with Crippen LogP contribution in [-0.4, -0.2) is 17.8 Å². The van der Waals surface area contributed by atoms with E-state index in [4.69, 9.17) is 4.74 Å². The summed E-state index contributed by atoms with van der Waals surface area (Å²) in [6.07, 6.45) is 0.547. The summed E-state index contributed by atoms with van der Waals surface area (Å²) in [6, 6.07) is 3.59. The number of hydrogen-bond donors (Lipinski definition) is 1. The first-order valence-corrected chi connectivity index (χ1v) is 5.19. The number of halogens is 1. The molecule has 1 rings (SSSR count). The molecule has 1 aromatic carbocycles. The number of amides is 1. The van der Waals surface area contributed by atoms with E-state index in [0.29, 0.717) is 0 Å². The number of rotatable bonds is 2. The van der Waals surface area contributed by atoms with Crippen LogP contribution in [-0.2, 0) is 9.53 Å². The zero-order valence-electron chi connectivity index (χ0n) is 10.3. The van der Waals surface area contributed by atoms with Crippen molar-refractivity contribution in [2.45, 2.75) is 26.4 Å². The fourth-order valence-corrected chi connectivity index (χ4v) is 1.14. The molecule has 0 aromatic heterocycles. The van der Waals surface area contributed by atoms with Crippen molar-refractivity contribution in [3.8, 4) is 0 Å². The standard InChI is InChI=1S/C12H13FN2O3/c1-12(2,3)18-11(17)15-10-6-8(14-7-16)4-5-9(10)13/h4-6H,1-3H3,(H,15,17). The fraction of sp³-hybridized carbons (Fsp3) is 0.333. The van der Waals surface area contributed by atoms with Gasteiger partial charge in [-0.25, -0.2) is 14.0 Å². The molecule has 0 heterocycles. The van der Waals surface area contributed by atoms with Gasteiger partial charge in [0.2, 0.25) is 6.08 Å². The third kappa shape index (κ3) is 4.35. The maximum absolute atomic E-state index is 13.4. The summed E-state index contributed by atoms with van der Waals surface area (Å²) >= 11 is 0. The van der Waals surface area contributed by atoms with E-state index in [1.807, 2.05) is 0 Å². The van der Waals surface area contributed by atoms with E-state index in [9.17, 15) is 14.0 Å². The molecule has 0 aliphatic heterocycles. The number of ether oxygens (including phenoxy) is 1. The highest BCUT2D eigenvalue weighted by Crippen LogP contribution is 2.22. The third-order valence-electron chi connectivity index (χ3n) is 1.76. The molecule has 0 aliphatic rings. The summed E-state index contributed by atoms with van der Waals surface area (Å²) in [7, 11) is 0. The Morgan fingerprint density at radius 2 is 2.11 bits per heavy atom. The topological polar surface area (TPSA) is 67.8 Å². The van der Waals surface area contributed by atoms with Crippen molar-refractivity contribution < 1.29 is 18.7 Å². The maximum atomic E-state index is 13.4. The number of benzene rings is 1. The molecular weight excluding hydrogens is 239 g/mol. The molecule has 6 heteroatoms. The Morgan fingerprint density at radius 3 is 2.67 bits per heavy atom. The summed E-state index contributed by atoms with van der Waals surface area (Å²) < 4.78 is 18.4. The summed E-state index contributed by atoms with van der Waals surface area (Å²) in [5.74, 6) is -0.647. The molecule has 1 N–H and O–H groups in total. The summed E-state index contributed by atoms with van der Waals surface area (Å²) in [5.41, 5.74) is -0.600. The van der Waals surface area contributed by atoms with Gasteiger partial charge in [0.25, 0.3) is 0 Å². The minimum absolute atomic E-state index is 0.110. The Morgan fingerprint density at radius 1 is 1.44 bits per heavy atom. The zero-order chi connectivity index (χ0) is 13.8. The van der Waals surface area contributed by atoms with E-state index in [-0.39, 0.29) is 11.4 Å². The number of hydrogen-bond acceptors (Lipinski definition) is 4. The van der Waals surface area contributed by atoms with Gasteiger partial charge in [-0.05, 0) is 39.0 Å². The number of nitrogens with zero attached hydrogens (tertiary/aromatic N) is 1. The molecule has 96 valence electrons. The average molecular weight is 252 g/mol. The van der Waals surface area contributed by atoms with Crippen LogP contribution in [0.2, 0.25) is 0 Å². The highest BCUT2D eigenvalue weighted by Gasteiger charge is 2.17. The Labute approximate surface area is 104 Å². The molecule has 0 unspecified atom stereocenters.